The summed E-state index contributed by atoms with van der Waals surface area (Å²) in [6, 6.07) is 23.5. The van der Waals surface area contributed by atoms with E-state index in [0.29, 0.717) is 53.9 Å². The molecular weight excluding hydrogens is 476 g/mol. The zero-order chi connectivity index (χ0) is 26.3. The van der Waals surface area contributed by atoms with Crippen molar-refractivity contribution in [3.8, 4) is 0 Å². The Labute approximate surface area is 222 Å². The number of aromatic nitrogens is 3. The summed E-state index contributed by atoms with van der Waals surface area (Å²) in [5.74, 6) is 1.38. The number of para-hydroxylation sites is 2. The number of carbonyl (C=O) groups excluding carboxylic acids is 1. The molecule has 0 aliphatic heterocycles. The van der Waals surface area contributed by atoms with Crippen molar-refractivity contribution < 1.29 is 4.79 Å². The monoisotopic (exact) mass is 508 g/mol. The average molecular weight is 509 g/mol. The SMILES string of the molecule is Cc1cccc(CCNc2nc(NCc3ccc(C(=O)Nc4ccccc4N)cc3)nc(NC3CC3)n2)c1. The van der Waals surface area contributed by atoms with E-state index in [2.05, 4.69) is 67.4 Å². The van der Waals surface area contributed by atoms with Gasteiger partial charge >= 0.3 is 0 Å². The third-order valence-electron chi connectivity index (χ3n) is 6.20. The van der Waals surface area contributed by atoms with Crippen LogP contribution in [0.1, 0.15) is 39.9 Å². The molecule has 0 saturated heterocycles. The first kappa shape index (κ1) is 25.0. The van der Waals surface area contributed by atoms with E-state index < -0.39 is 0 Å². The van der Waals surface area contributed by atoms with Crippen LogP contribution in [0.3, 0.4) is 0 Å². The average Bonchev–Trinajstić information content (AvgIpc) is 3.73. The van der Waals surface area contributed by atoms with E-state index in [0.717, 1.165) is 24.8 Å². The second-order valence-electron chi connectivity index (χ2n) is 9.48. The van der Waals surface area contributed by atoms with Crippen LogP contribution in [0, 0.1) is 6.92 Å². The van der Waals surface area contributed by atoms with E-state index in [9.17, 15) is 4.79 Å². The van der Waals surface area contributed by atoms with Gasteiger partial charge in [0.1, 0.15) is 0 Å². The van der Waals surface area contributed by atoms with Crippen LogP contribution < -0.4 is 27.0 Å². The van der Waals surface area contributed by atoms with E-state index >= 15 is 0 Å². The van der Waals surface area contributed by atoms with Crippen LogP contribution in [-0.2, 0) is 13.0 Å². The summed E-state index contributed by atoms with van der Waals surface area (Å²) in [5, 5.41) is 12.8. The summed E-state index contributed by atoms with van der Waals surface area (Å²) >= 11 is 0. The second-order valence-corrected chi connectivity index (χ2v) is 9.48. The number of hydrogen-bond donors (Lipinski definition) is 5. The van der Waals surface area contributed by atoms with Crippen molar-refractivity contribution in [1.29, 1.82) is 0 Å². The number of hydrogen-bond acceptors (Lipinski definition) is 8. The van der Waals surface area contributed by atoms with Gasteiger partial charge in [0.2, 0.25) is 17.8 Å². The summed E-state index contributed by atoms with van der Waals surface area (Å²) < 4.78 is 0. The number of nitrogens with one attached hydrogen (secondary N) is 4. The third kappa shape index (κ3) is 6.97. The summed E-state index contributed by atoms with van der Waals surface area (Å²) in [5.41, 5.74) is 11.1. The Morgan fingerprint density at radius 1 is 0.868 bits per heavy atom. The van der Waals surface area contributed by atoms with Gasteiger partial charge in [-0.2, -0.15) is 15.0 Å². The molecule has 1 fully saturated rings. The van der Waals surface area contributed by atoms with Crippen LogP contribution >= 0.6 is 0 Å². The summed E-state index contributed by atoms with van der Waals surface area (Å²) in [6.45, 7) is 3.32. The maximum absolute atomic E-state index is 12.6. The molecule has 9 heteroatoms. The molecule has 1 aliphatic carbocycles. The number of benzene rings is 3. The zero-order valence-corrected chi connectivity index (χ0v) is 21.4. The number of anilines is 5. The van der Waals surface area contributed by atoms with Gasteiger partial charge in [-0.1, -0.05) is 54.1 Å². The lowest BCUT2D eigenvalue weighted by atomic mass is 10.1. The van der Waals surface area contributed by atoms with E-state index in [1.807, 2.05) is 24.3 Å². The molecule has 0 atom stereocenters. The Bertz CT molecular complexity index is 1400. The Kier molecular flexibility index (Phi) is 7.63. The van der Waals surface area contributed by atoms with Crippen molar-refractivity contribution in [2.24, 2.45) is 0 Å². The van der Waals surface area contributed by atoms with Gasteiger partial charge in [0.15, 0.2) is 0 Å². The van der Waals surface area contributed by atoms with Crippen molar-refractivity contribution >= 4 is 35.1 Å². The van der Waals surface area contributed by atoms with Crippen LogP contribution in [-0.4, -0.2) is 33.4 Å². The number of carbonyl (C=O) groups is 1. The molecule has 1 saturated carbocycles. The fourth-order valence-corrected chi connectivity index (χ4v) is 3.96. The quantitative estimate of drug-likeness (QED) is 0.182. The van der Waals surface area contributed by atoms with Gasteiger partial charge in [-0.3, -0.25) is 4.79 Å². The van der Waals surface area contributed by atoms with Crippen molar-refractivity contribution in [1.82, 2.24) is 15.0 Å². The molecule has 0 bridgehead atoms. The van der Waals surface area contributed by atoms with E-state index in [1.165, 1.54) is 11.1 Å². The molecule has 1 heterocycles. The molecule has 1 aliphatic rings. The van der Waals surface area contributed by atoms with Crippen LogP contribution in [0.2, 0.25) is 0 Å². The van der Waals surface area contributed by atoms with Gasteiger partial charge in [-0.15, -0.1) is 0 Å². The highest BCUT2D eigenvalue weighted by atomic mass is 16.1. The minimum atomic E-state index is -0.211. The van der Waals surface area contributed by atoms with Gasteiger partial charge in [0, 0.05) is 24.7 Å². The van der Waals surface area contributed by atoms with Crippen molar-refractivity contribution in [2.75, 3.05) is 33.5 Å². The van der Waals surface area contributed by atoms with E-state index in [4.69, 9.17) is 5.73 Å². The Balaban J connectivity index is 1.20. The molecule has 4 aromatic rings. The zero-order valence-electron chi connectivity index (χ0n) is 21.4. The second kappa shape index (κ2) is 11.6. The maximum Gasteiger partial charge on any atom is 0.255 e. The van der Waals surface area contributed by atoms with Crippen molar-refractivity contribution in [3.05, 3.63) is 95.1 Å². The van der Waals surface area contributed by atoms with Gasteiger partial charge in [0.25, 0.3) is 5.91 Å². The molecule has 38 heavy (non-hydrogen) atoms. The summed E-state index contributed by atoms with van der Waals surface area (Å²) in [4.78, 5) is 26.3. The molecule has 0 unspecified atom stereocenters. The highest BCUT2D eigenvalue weighted by molar-refractivity contribution is 6.05. The van der Waals surface area contributed by atoms with Crippen LogP contribution in [0.15, 0.2) is 72.8 Å². The largest absolute Gasteiger partial charge is 0.397 e. The first-order chi connectivity index (χ1) is 18.5. The number of amides is 1. The van der Waals surface area contributed by atoms with Crippen molar-refractivity contribution in [2.45, 2.75) is 38.8 Å². The Hall–Kier alpha value is -4.66. The molecule has 1 aromatic heterocycles. The first-order valence-electron chi connectivity index (χ1n) is 12.8. The van der Waals surface area contributed by atoms with E-state index in [-0.39, 0.29) is 5.91 Å². The van der Waals surface area contributed by atoms with Crippen molar-refractivity contribution in [3.63, 3.8) is 0 Å². The lowest BCUT2D eigenvalue weighted by Gasteiger charge is -2.12. The number of nitrogen functional groups attached to an aromatic ring is 1. The van der Waals surface area contributed by atoms with Crippen LogP contribution in [0.4, 0.5) is 29.2 Å². The first-order valence-corrected chi connectivity index (χ1v) is 12.8. The number of rotatable bonds is 11. The minimum absolute atomic E-state index is 0.211. The fourth-order valence-electron chi connectivity index (χ4n) is 3.96. The third-order valence-corrected chi connectivity index (χ3v) is 6.20. The molecule has 5 rings (SSSR count). The topological polar surface area (TPSA) is 130 Å². The van der Waals surface area contributed by atoms with Gasteiger partial charge < -0.3 is 27.0 Å². The van der Waals surface area contributed by atoms with Gasteiger partial charge in [-0.25, -0.2) is 0 Å². The number of nitrogens with two attached hydrogens (primary N) is 1. The van der Waals surface area contributed by atoms with Gasteiger partial charge in [-0.05, 0) is 61.6 Å². The predicted molar refractivity (Wildman–Crippen MR) is 152 cm³/mol. The van der Waals surface area contributed by atoms with Crippen LogP contribution in [0.5, 0.6) is 0 Å². The molecule has 1 amide bonds. The molecule has 0 radical (unpaired) electrons. The van der Waals surface area contributed by atoms with E-state index in [1.54, 1.807) is 24.3 Å². The molecule has 6 N–H and O–H groups in total. The smallest absolute Gasteiger partial charge is 0.255 e. The normalized spacial score (nSPS) is 12.6. The van der Waals surface area contributed by atoms with Gasteiger partial charge in [0.05, 0.1) is 11.4 Å². The Morgan fingerprint density at radius 2 is 1.61 bits per heavy atom. The van der Waals surface area contributed by atoms with Crippen LogP contribution in [0.25, 0.3) is 0 Å². The lowest BCUT2D eigenvalue weighted by molar-refractivity contribution is 0.102. The minimum Gasteiger partial charge on any atom is -0.397 e. The molecule has 0 spiro atoms. The molecule has 9 nitrogen and oxygen atoms in total. The molecule has 194 valence electrons. The predicted octanol–water partition coefficient (Wildman–Crippen LogP) is 4.86. The lowest BCUT2D eigenvalue weighted by Crippen LogP contribution is -2.15. The Morgan fingerprint density at radius 3 is 2.34 bits per heavy atom. The molecular formula is C29H32N8O. The summed E-state index contributed by atoms with van der Waals surface area (Å²) in [7, 11) is 0. The standard InChI is InChI=1S/C29H32N8O/c1-19-5-4-6-20(17-19)15-16-31-27-35-28(37-29(36-27)33-23-13-14-23)32-18-21-9-11-22(12-10-21)26(38)34-25-8-3-2-7-24(25)30/h2-12,17,23H,13-16,18,30H2,1H3,(H,34,38)(H3,31,32,33,35,36,37). The highest BCUT2D eigenvalue weighted by Gasteiger charge is 2.22. The number of aryl methyl sites for hydroxylation is 1. The maximum atomic E-state index is 12.6. The number of nitrogens with zero attached hydrogens (tertiary/aromatic N) is 3. The highest BCUT2D eigenvalue weighted by Crippen LogP contribution is 2.24. The fraction of sp³-hybridized carbons (Fsp3) is 0.241. The molecule has 3 aromatic carbocycles. The summed E-state index contributed by atoms with van der Waals surface area (Å²) in [6.07, 6.45) is 3.13.